The molecule has 0 saturated heterocycles. The van der Waals surface area contributed by atoms with Gasteiger partial charge in [-0.25, -0.2) is 0 Å². The van der Waals surface area contributed by atoms with E-state index in [9.17, 15) is 9.59 Å². The predicted molar refractivity (Wildman–Crippen MR) is 108 cm³/mol. The summed E-state index contributed by atoms with van der Waals surface area (Å²) in [6, 6.07) is 7.99. The number of carbonyl (C=O) groups excluding carboxylic acids is 2. The van der Waals surface area contributed by atoms with Gasteiger partial charge in [0.25, 0.3) is 0 Å². The second-order valence-electron chi connectivity index (χ2n) is 8.32. The minimum atomic E-state index is 0.0385. The van der Waals surface area contributed by atoms with Crippen LogP contribution in [0.25, 0.3) is 21.3 Å². The summed E-state index contributed by atoms with van der Waals surface area (Å²) in [5.41, 5.74) is 3.33. The highest BCUT2D eigenvalue weighted by Crippen LogP contribution is 2.52. The predicted octanol–water partition coefficient (Wildman–Crippen LogP) is 4.52. The quantitative estimate of drug-likeness (QED) is 0.471. The van der Waals surface area contributed by atoms with Gasteiger partial charge >= 0.3 is 6.47 Å². The Bertz CT molecular complexity index is 1080. The lowest BCUT2D eigenvalue weighted by molar-refractivity contribution is -0.130. The molecule has 0 spiro atoms. The number of Topliss-reactive ketones (excluding diaryl/α,β-unsaturated/α-hetero) is 1. The number of aryl methyl sites for hydroxylation is 1. The molecule has 3 aromatic rings. The highest BCUT2D eigenvalue weighted by atomic mass is 32.1. The van der Waals surface area contributed by atoms with Crippen LogP contribution >= 0.6 is 11.3 Å². The van der Waals surface area contributed by atoms with E-state index in [2.05, 4.69) is 30.4 Å². The maximum atomic E-state index is 13.4. The summed E-state index contributed by atoms with van der Waals surface area (Å²) in [5, 5.41) is 7.25. The number of carbonyl (C=O) groups is 2. The zero-order valence-electron chi connectivity index (χ0n) is 15.9. The van der Waals surface area contributed by atoms with E-state index in [1.807, 2.05) is 18.2 Å². The summed E-state index contributed by atoms with van der Waals surface area (Å²) in [4.78, 5) is 31.7. The fourth-order valence-corrected chi connectivity index (χ4v) is 6.09. The van der Waals surface area contributed by atoms with E-state index in [-0.39, 0.29) is 11.7 Å². The first-order chi connectivity index (χ1) is 13.5. The summed E-state index contributed by atoms with van der Waals surface area (Å²) in [5.74, 6) is 1.97. The van der Waals surface area contributed by atoms with Crippen LogP contribution in [0.3, 0.4) is 0 Å². The SMILES string of the molecule is Cc1csc(-c2ccc3c(c2)c(C(=O)[C@H]2C[C@@H]4C[C@@H]2C[C@@H]4C)nn3OC=O)c1. The first-order valence-corrected chi connectivity index (χ1v) is 10.7. The fraction of sp³-hybridized carbons (Fsp3) is 0.409. The molecule has 2 aliphatic carbocycles. The van der Waals surface area contributed by atoms with Gasteiger partial charge in [0.15, 0.2) is 5.78 Å². The van der Waals surface area contributed by atoms with Crippen molar-refractivity contribution < 1.29 is 14.4 Å². The van der Waals surface area contributed by atoms with E-state index >= 15 is 0 Å². The number of hydrogen-bond donors (Lipinski definition) is 0. The molecule has 6 heteroatoms. The zero-order valence-corrected chi connectivity index (χ0v) is 16.7. The van der Waals surface area contributed by atoms with Crippen molar-refractivity contribution in [2.45, 2.75) is 33.1 Å². The Balaban J connectivity index is 1.58. The molecule has 0 amide bonds. The Morgan fingerprint density at radius 1 is 1.25 bits per heavy atom. The van der Waals surface area contributed by atoms with Gasteiger partial charge in [-0.1, -0.05) is 17.8 Å². The summed E-state index contributed by atoms with van der Waals surface area (Å²) >= 11 is 1.68. The largest absolute Gasteiger partial charge is 0.323 e. The monoisotopic (exact) mass is 394 g/mol. The zero-order chi connectivity index (χ0) is 19.4. The molecule has 5 nitrogen and oxygen atoms in total. The van der Waals surface area contributed by atoms with Gasteiger partial charge in [-0.05, 0) is 78.6 Å². The van der Waals surface area contributed by atoms with Crippen LogP contribution in [0, 0.1) is 30.6 Å². The van der Waals surface area contributed by atoms with E-state index in [0.717, 1.165) is 41.0 Å². The smallest absolute Gasteiger partial charge is 0.322 e. The van der Waals surface area contributed by atoms with Gasteiger partial charge in [0, 0.05) is 16.2 Å². The van der Waals surface area contributed by atoms with Crippen LogP contribution in [0.2, 0.25) is 0 Å². The molecule has 5 rings (SSSR count). The summed E-state index contributed by atoms with van der Waals surface area (Å²) in [6.07, 6.45) is 3.24. The van der Waals surface area contributed by atoms with Crippen molar-refractivity contribution in [3.63, 3.8) is 0 Å². The molecule has 2 saturated carbocycles. The molecular formula is C22H22N2O3S. The van der Waals surface area contributed by atoms with Crippen molar-refractivity contribution in [3.8, 4) is 10.4 Å². The Hall–Kier alpha value is -2.47. The van der Waals surface area contributed by atoms with E-state index in [4.69, 9.17) is 4.84 Å². The van der Waals surface area contributed by atoms with E-state index < -0.39 is 0 Å². The maximum Gasteiger partial charge on any atom is 0.323 e. The lowest BCUT2D eigenvalue weighted by Crippen LogP contribution is -2.24. The van der Waals surface area contributed by atoms with Gasteiger partial charge < -0.3 is 4.84 Å². The molecule has 2 aliphatic rings. The fourth-order valence-electron chi connectivity index (χ4n) is 5.19. The molecule has 1 aromatic carbocycles. The Labute approximate surface area is 167 Å². The normalized spacial score (nSPS) is 26.1. The number of rotatable bonds is 5. The molecule has 4 atom stereocenters. The van der Waals surface area contributed by atoms with Crippen LogP contribution < -0.4 is 4.84 Å². The minimum Gasteiger partial charge on any atom is -0.322 e. The molecule has 0 aliphatic heterocycles. The third kappa shape index (κ3) is 2.70. The van der Waals surface area contributed by atoms with Crippen LogP contribution in [0.1, 0.15) is 42.2 Å². The highest BCUT2D eigenvalue weighted by Gasteiger charge is 2.47. The van der Waals surface area contributed by atoms with E-state index in [1.54, 1.807) is 11.3 Å². The van der Waals surface area contributed by atoms with Gasteiger partial charge in [-0.15, -0.1) is 16.4 Å². The molecule has 2 aromatic heterocycles. The van der Waals surface area contributed by atoms with Crippen molar-refractivity contribution in [1.82, 2.24) is 9.94 Å². The van der Waals surface area contributed by atoms with Gasteiger partial charge in [-0.2, -0.15) is 0 Å². The lowest BCUT2D eigenvalue weighted by Gasteiger charge is -2.23. The van der Waals surface area contributed by atoms with Crippen LogP contribution in [0.5, 0.6) is 0 Å². The third-order valence-corrected chi connectivity index (χ3v) is 7.68. The average molecular weight is 394 g/mol. The third-order valence-electron chi connectivity index (χ3n) is 6.59. The summed E-state index contributed by atoms with van der Waals surface area (Å²) in [6.45, 7) is 4.71. The molecule has 0 radical (unpaired) electrons. The second kappa shape index (κ2) is 6.55. The minimum absolute atomic E-state index is 0.0385. The van der Waals surface area contributed by atoms with Crippen LogP contribution in [0.4, 0.5) is 0 Å². The van der Waals surface area contributed by atoms with Crippen LogP contribution in [-0.4, -0.2) is 22.2 Å². The van der Waals surface area contributed by atoms with Gasteiger partial charge in [0.05, 0.1) is 0 Å². The van der Waals surface area contributed by atoms with Gasteiger partial charge in [0.1, 0.15) is 11.2 Å². The molecule has 2 fully saturated rings. The molecule has 0 unspecified atom stereocenters. The molecule has 28 heavy (non-hydrogen) atoms. The second-order valence-corrected chi connectivity index (χ2v) is 9.23. The number of thiophene rings is 1. The molecule has 2 heterocycles. The molecule has 2 bridgehead atoms. The molecular weight excluding hydrogens is 372 g/mol. The standard InChI is InChI=1S/C22H22N2O3S/c1-12-5-20(28-10-12)14-3-4-19-18(8-14)21(23-24(19)27-11-25)22(26)17-9-15-7-16(17)6-13(15)2/h3-5,8,10-11,13,15-17H,6-7,9H2,1-2H3/t13-,15-,16-,17-/m0/s1. The number of aromatic nitrogens is 2. The molecule has 144 valence electrons. The van der Waals surface area contributed by atoms with Crippen LogP contribution in [0.15, 0.2) is 29.6 Å². The van der Waals surface area contributed by atoms with Crippen molar-refractivity contribution in [3.05, 3.63) is 40.9 Å². The average Bonchev–Trinajstić information content (AvgIpc) is 3.44. The van der Waals surface area contributed by atoms with Crippen molar-refractivity contribution in [2.24, 2.45) is 23.7 Å². The lowest BCUT2D eigenvalue weighted by atomic mass is 9.80. The van der Waals surface area contributed by atoms with E-state index in [1.165, 1.54) is 10.4 Å². The molecule has 0 N–H and O–H groups in total. The Morgan fingerprint density at radius 2 is 2.11 bits per heavy atom. The van der Waals surface area contributed by atoms with Crippen molar-refractivity contribution in [1.29, 1.82) is 0 Å². The summed E-state index contributed by atoms with van der Waals surface area (Å²) in [7, 11) is 0. The van der Waals surface area contributed by atoms with Gasteiger partial charge in [-0.3, -0.25) is 9.59 Å². The highest BCUT2D eigenvalue weighted by molar-refractivity contribution is 7.13. The maximum absolute atomic E-state index is 13.4. The first-order valence-electron chi connectivity index (χ1n) is 9.78. The van der Waals surface area contributed by atoms with Crippen LogP contribution in [-0.2, 0) is 4.79 Å². The number of hydrogen-bond acceptors (Lipinski definition) is 5. The first kappa shape index (κ1) is 17.6. The van der Waals surface area contributed by atoms with E-state index in [0.29, 0.717) is 29.5 Å². The number of ketones is 1. The topological polar surface area (TPSA) is 61.2 Å². The Kier molecular flexibility index (Phi) is 4.12. The number of benzene rings is 1. The van der Waals surface area contributed by atoms with Crippen molar-refractivity contribution in [2.75, 3.05) is 0 Å². The number of fused-ring (bicyclic) bond motifs is 3. The van der Waals surface area contributed by atoms with Crippen molar-refractivity contribution >= 4 is 34.5 Å². The number of nitrogens with zero attached hydrogens (tertiary/aromatic N) is 2. The van der Waals surface area contributed by atoms with Gasteiger partial charge in [0.2, 0.25) is 0 Å². The summed E-state index contributed by atoms with van der Waals surface area (Å²) < 4.78 is 0. The Morgan fingerprint density at radius 3 is 2.75 bits per heavy atom.